The molecule has 5 heteroatoms. The van der Waals surface area contributed by atoms with Crippen molar-refractivity contribution < 1.29 is 4.79 Å². The van der Waals surface area contributed by atoms with Crippen LogP contribution < -0.4 is 5.32 Å². The highest BCUT2D eigenvalue weighted by atomic mass is 35.5. The van der Waals surface area contributed by atoms with Crippen LogP contribution in [0.25, 0.3) is 0 Å². The van der Waals surface area contributed by atoms with Crippen LogP contribution in [0.3, 0.4) is 0 Å². The normalized spacial score (nSPS) is 10.6. The van der Waals surface area contributed by atoms with Crippen LogP contribution in [-0.4, -0.2) is 62.0 Å². The summed E-state index contributed by atoms with van der Waals surface area (Å²) >= 11 is 0. The Morgan fingerprint density at radius 2 is 1.72 bits per heavy atom. The van der Waals surface area contributed by atoms with E-state index in [1.54, 1.807) is 0 Å². The van der Waals surface area contributed by atoms with Crippen LogP contribution in [0.1, 0.15) is 27.7 Å². The molecule has 0 spiro atoms. The largest absolute Gasteiger partial charge is 0.340 e. The number of carbonyl (C=O) groups is 1. The summed E-state index contributed by atoms with van der Waals surface area (Å²) in [5.41, 5.74) is 0. The number of amides is 1. The van der Waals surface area contributed by atoms with Crippen LogP contribution in [0.5, 0.6) is 0 Å². The number of likely N-dealkylation sites (N-methyl/N-ethyl adjacent to an activating group) is 2. The van der Waals surface area contributed by atoms with E-state index in [1.165, 1.54) is 0 Å². The van der Waals surface area contributed by atoms with E-state index in [2.05, 4.69) is 37.9 Å². The zero-order valence-corrected chi connectivity index (χ0v) is 13.3. The molecular formula is C13H30ClN3O. The molecule has 110 valence electrons. The average Bonchev–Trinajstić information content (AvgIpc) is 2.28. The molecule has 0 aliphatic carbocycles. The van der Waals surface area contributed by atoms with Gasteiger partial charge in [-0.05, 0) is 26.1 Å². The van der Waals surface area contributed by atoms with Gasteiger partial charge in [-0.3, -0.25) is 4.79 Å². The van der Waals surface area contributed by atoms with Gasteiger partial charge in [-0.2, -0.15) is 0 Å². The predicted molar refractivity (Wildman–Crippen MR) is 80.4 cm³/mol. The van der Waals surface area contributed by atoms with Crippen LogP contribution in [-0.2, 0) is 4.79 Å². The summed E-state index contributed by atoms with van der Waals surface area (Å²) in [4.78, 5) is 16.2. The van der Waals surface area contributed by atoms with E-state index in [4.69, 9.17) is 0 Å². The monoisotopic (exact) mass is 279 g/mol. The lowest BCUT2D eigenvalue weighted by Crippen LogP contribution is -2.43. The van der Waals surface area contributed by atoms with Gasteiger partial charge in [-0.25, -0.2) is 0 Å². The average molecular weight is 280 g/mol. The van der Waals surface area contributed by atoms with Crippen molar-refractivity contribution in [1.82, 2.24) is 15.1 Å². The zero-order valence-electron chi connectivity index (χ0n) is 12.5. The summed E-state index contributed by atoms with van der Waals surface area (Å²) in [6.07, 6.45) is 0. The van der Waals surface area contributed by atoms with Gasteiger partial charge in [0, 0.05) is 19.6 Å². The quantitative estimate of drug-likeness (QED) is 0.694. The predicted octanol–water partition coefficient (Wildman–Crippen LogP) is 1.45. The number of nitrogens with one attached hydrogen (secondary N) is 1. The van der Waals surface area contributed by atoms with Gasteiger partial charge in [-0.15, -0.1) is 12.4 Å². The highest BCUT2D eigenvalue weighted by molar-refractivity contribution is 5.85. The minimum Gasteiger partial charge on any atom is -0.340 e. The van der Waals surface area contributed by atoms with Crippen LogP contribution in [0, 0.1) is 5.92 Å². The molecule has 0 aliphatic rings. The molecule has 0 fully saturated rings. The second-order valence-corrected chi connectivity index (χ2v) is 4.79. The smallest absolute Gasteiger partial charge is 0.236 e. The van der Waals surface area contributed by atoms with Gasteiger partial charge >= 0.3 is 0 Å². The molecule has 0 bridgehead atoms. The van der Waals surface area contributed by atoms with E-state index < -0.39 is 0 Å². The Labute approximate surface area is 119 Å². The highest BCUT2D eigenvalue weighted by Crippen LogP contribution is 2.00. The van der Waals surface area contributed by atoms with Gasteiger partial charge in [0.25, 0.3) is 0 Å². The Morgan fingerprint density at radius 3 is 2.11 bits per heavy atom. The molecule has 0 radical (unpaired) electrons. The zero-order chi connectivity index (χ0) is 13.3. The number of rotatable bonds is 9. The molecule has 0 aromatic carbocycles. The maximum absolute atomic E-state index is 11.9. The lowest BCUT2D eigenvalue weighted by Gasteiger charge is -2.27. The lowest BCUT2D eigenvalue weighted by molar-refractivity contribution is -0.130. The van der Waals surface area contributed by atoms with Crippen molar-refractivity contribution in [3.05, 3.63) is 0 Å². The van der Waals surface area contributed by atoms with Gasteiger partial charge in [0.1, 0.15) is 0 Å². The second kappa shape index (κ2) is 11.8. The van der Waals surface area contributed by atoms with Crippen molar-refractivity contribution in [3.63, 3.8) is 0 Å². The standard InChI is InChI=1S/C13H29N3O.ClH/c1-6-15(7-2)8-9-16(11-12(3)4)13(17)10-14-5;/h12,14H,6-11H2,1-5H3;1H. The molecule has 1 amide bonds. The van der Waals surface area contributed by atoms with E-state index >= 15 is 0 Å². The SMILES string of the molecule is CCN(CC)CCN(CC(C)C)C(=O)CNC.Cl. The van der Waals surface area contributed by atoms with Crippen molar-refractivity contribution in [1.29, 1.82) is 0 Å². The number of nitrogens with zero attached hydrogens (tertiary/aromatic N) is 2. The Kier molecular flexibility index (Phi) is 13.1. The van der Waals surface area contributed by atoms with Gasteiger partial charge in [-0.1, -0.05) is 27.7 Å². The Bertz CT molecular complexity index is 208. The molecule has 1 N–H and O–H groups in total. The Morgan fingerprint density at radius 1 is 1.17 bits per heavy atom. The third kappa shape index (κ3) is 8.72. The first-order valence-corrected chi connectivity index (χ1v) is 6.69. The fraction of sp³-hybridized carbons (Fsp3) is 0.923. The number of hydrogen-bond donors (Lipinski definition) is 1. The van der Waals surface area contributed by atoms with Crippen molar-refractivity contribution in [2.45, 2.75) is 27.7 Å². The van der Waals surface area contributed by atoms with E-state index in [9.17, 15) is 4.79 Å². The molecule has 0 rings (SSSR count). The summed E-state index contributed by atoms with van der Waals surface area (Å²) in [5, 5.41) is 2.93. The molecular weight excluding hydrogens is 250 g/mol. The van der Waals surface area contributed by atoms with Crippen molar-refractivity contribution in [2.24, 2.45) is 5.92 Å². The molecule has 0 atom stereocenters. The number of hydrogen-bond acceptors (Lipinski definition) is 3. The summed E-state index contributed by atoms with van der Waals surface area (Å²) in [6.45, 7) is 13.8. The first-order valence-electron chi connectivity index (χ1n) is 6.69. The second-order valence-electron chi connectivity index (χ2n) is 4.79. The Balaban J connectivity index is 0. The first kappa shape index (κ1) is 20.0. The molecule has 18 heavy (non-hydrogen) atoms. The third-order valence-electron chi connectivity index (χ3n) is 2.85. The third-order valence-corrected chi connectivity index (χ3v) is 2.85. The van der Waals surface area contributed by atoms with Crippen LogP contribution in [0.2, 0.25) is 0 Å². The molecule has 0 saturated heterocycles. The Hall–Kier alpha value is -0.320. The molecule has 4 nitrogen and oxygen atoms in total. The van der Waals surface area contributed by atoms with E-state index in [0.717, 1.165) is 32.7 Å². The van der Waals surface area contributed by atoms with E-state index in [-0.39, 0.29) is 18.3 Å². The van der Waals surface area contributed by atoms with Crippen molar-refractivity contribution >= 4 is 18.3 Å². The maximum atomic E-state index is 11.9. The molecule has 0 heterocycles. The van der Waals surface area contributed by atoms with Crippen LogP contribution >= 0.6 is 12.4 Å². The van der Waals surface area contributed by atoms with Gasteiger partial charge < -0.3 is 15.1 Å². The van der Waals surface area contributed by atoms with E-state index in [0.29, 0.717) is 12.5 Å². The van der Waals surface area contributed by atoms with E-state index in [1.807, 2.05) is 11.9 Å². The maximum Gasteiger partial charge on any atom is 0.236 e. The van der Waals surface area contributed by atoms with Gasteiger partial charge in [0.2, 0.25) is 5.91 Å². The molecule has 0 unspecified atom stereocenters. The van der Waals surface area contributed by atoms with Crippen LogP contribution in [0.15, 0.2) is 0 Å². The fourth-order valence-corrected chi connectivity index (χ4v) is 1.82. The molecule has 0 aromatic heterocycles. The highest BCUT2D eigenvalue weighted by Gasteiger charge is 2.14. The topological polar surface area (TPSA) is 35.6 Å². The van der Waals surface area contributed by atoms with Crippen molar-refractivity contribution in [3.8, 4) is 0 Å². The number of halogens is 1. The van der Waals surface area contributed by atoms with Gasteiger partial charge in [0.15, 0.2) is 0 Å². The van der Waals surface area contributed by atoms with Crippen molar-refractivity contribution in [2.75, 3.05) is 46.3 Å². The molecule has 0 aliphatic heterocycles. The van der Waals surface area contributed by atoms with Crippen LogP contribution in [0.4, 0.5) is 0 Å². The lowest BCUT2D eigenvalue weighted by atomic mass is 10.2. The summed E-state index contributed by atoms with van der Waals surface area (Å²) in [6, 6.07) is 0. The minimum absolute atomic E-state index is 0. The summed E-state index contributed by atoms with van der Waals surface area (Å²) in [5.74, 6) is 0.723. The fourth-order valence-electron chi connectivity index (χ4n) is 1.82. The summed E-state index contributed by atoms with van der Waals surface area (Å²) in [7, 11) is 1.82. The molecule has 0 saturated carbocycles. The molecule has 0 aromatic rings. The van der Waals surface area contributed by atoms with Gasteiger partial charge in [0.05, 0.1) is 6.54 Å². The number of carbonyl (C=O) groups excluding carboxylic acids is 1. The minimum atomic E-state index is 0. The first-order chi connectivity index (χ1) is 8.04. The summed E-state index contributed by atoms with van der Waals surface area (Å²) < 4.78 is 0.